The van der Waals surface area contributed by atoms with Gasteiger partial charge < -0.3 is 14.7 Å². The second-order valence-electron chi connectivity index (χ2n) is 4.93. The Morgan fingerprint density at radius 3 is 2.67 bits per heavy atom. The highest BCUT2D eigenvalue weighted by atomic mass is 79.9. The molecule has 1 aromatic carbocycles. The second kappa shape index (κ2) is 6.41. The second-order valence-corrected chi connectivity index (χ2v) is 5.78. The third-order valence-corrected chi connectivity index (χ3v) is 4.11. The Balaban J connectivity index is 2.13. The first-order valence-corrected chi connectivity index (χ1v) is 7.21. The molecule has 8 heteroatoms. The standard InChI is InChI=1S/C13H16BrF3N2O2/c1-18-4-5-19(7-10(18)8-20)9-2-3-12(11(14)6-9)21-13(15,16)17/h2-3,6,10,20H,4-5,7-8H2,1H3. The Labute approximate surface area is 129 Å². The number of aliphatic hydroxyl groups is 1. The average Bonchev–Trinajstić information content (AvgIpc) is 2.40. The summed E-state index contributed by atoms with van der Waals surface area (Å²) in [6.07, 6.45) is -4.71. The lowest BCUT2D eigenvalue weighted by molar-refractivity contribution is -0.274. The number of hydrogen-bond donors (Lipinski definition) is 1. The molecule has 0 radical (unpaired) electrons. The lowest BCUT2D eigenvalue weighted by Gasteiger charge is -2.39. The predicted molar refractivity (Wildman–Crippen MR) is 76.5 cm³/mol. The maximum absolute atomic E-state index is 12.2. The van der Waals surface area contributed by atoms with Gasteiger partial charge in [-0.25, -0.2) is 0 Å². The molecule has 4 nitrogen and oxygen atoms in total. The van der Waals surface area contributed by atoms with E-state index in [-0.39, 0.29) is 22.9 Å². The first-order valence-electron chi connectivity index (χ1n) is 6.41. The summed E-state index contributed by atoms with van der Waals surface area (Å²) in [7, 11) is 1.94. The molecular formula is C13H16BrF3N2O2. The Morgan fingerprint density at radius 1 is 1.38 bits per heavy atom. The molecule has 1 aliphatic rings. The lowest BCUT2D eigenvalue weighted by atomic mass is 10.1. The van der Waals surface area contributed by atoms with Crippen molar-refractivity contribution in [2.45, 2.75) is 12.4 Å². The van der Waals surface area contributed by atoms with Gasteiger partial charge in [0.05, 0.1) is 17.1 Å². The summed E-state index contributed by atoms with van der Waals surface area (Å²) in [6, 6.07) is 4.50. The summed E-state index contributed by atoms with van der Waals surface area (Å²) < 4.78 is 40.9. The van der Waals surface area contributed by atoms with Gasteiger partial charge >= 0.3 is 6.36 Å². The molecule has 0 saturated carbocycles. The van der Waals surface area contributed by atoms with Crippen molar-refractivity contribution in [3.63, 3.8) is 0 Å². The van der Waals surface area contributed by atoms with Crippen molar-refractivity contribution in [1.82, 2.24) is 4.90 Å². The van der Waals surface area contributed by atoms with Gasteiger partial charge in [-0.1, -0.05) is 0 Å². The van der Waals surface area contributed by atoms with E-state index in [9.17, 15) is 18.3 Å². The minimum atomic E-state index is -4.71. The van der Waals surface area contributed by atoms with Crippen molar-refractivity contribution in [2.24, 2.45) is 0 Å². The normalized spacial score (nSPS) is 20.7. The molecule has 118 valence electrons. The van der Waals surface area contributed by atoms with Crippen LogP contribution in [0.2, 0.25) is 0 Å². The first kappa shape index (κ1) is 16.4. The lowest BCUT2D eigenvalue weighted by Crippen LogP contribution is -2.53. The number of alkyl halides is 3. The fourth-order valence-corrected chi connectivity index (χ4v) is 2.72. The molecular weight excluding hydrogens is 353 g/mol. The van der Waals surface area contributed by atoms with E-state index >= 15 is 0 Å². The van der Waals surface area contributed by atoms with Crippen molar-refractivity contribution < 1.29 is 23.0 Å². The molecule has 1 aliphatic heterocycles. The van der Waals surface area contributed by atoms with Crippen LogP contribution in [0.4, 0.5) is 18.9 Å². The number of anilines is 1. The first-order chi connectivity index (χ1) is 9.80. The number of ether oxygens (including phenoxy) is 1. The van der Waals surface area contributed by atoms with Crippen molar-refractivity contribution in [3.05, 3.63) is 22.7 Å². The quantitative estimate of drug-likeness (QED) is 0.888. The van der Waals surface area contributed by atoms with Crippen molar-refractivity contribution in [2.75, 3.05) is 38.2 Å². The SMILES string of the molecule is CN1CCN(c2ccc(OC(F)(F)F)c(Br)c2)CC1CO. The Bertz CT molecular complexity index is 499. The fourth-order valence-electron chi connectivity index (χ4n) is 2.27. The highest BCUT2D eigenvalue weighted by Gasteiger charge is 2.32. The third-order valence-electron chi connectivity index (χ3n) is 3.49. The number of halogens is 4. The van der Waals surface area contributed by atoms with Crippen LogP contribution in [0.25, 0.3) is 0 Å². The minimum Gasteiger partial charge on any atom is -0.405 e. The molecule has 0 spiro atoms. The number of likely N-dealkylation sites (N-methyl/N-ethyl adjacent to an activating group) is 1. The zero-order chi connectivity index (χ0) is 15.6. The maximum Gasteiger partial charge on any atom is 0.573 e. The van der Waals surface area contributed by atoms with E-state index in [0.29, 0.717) is 6.54 Å². The summed E-state index contributed by atoms with van der Waals surface area (Å²) in [4.78, 5) is 4.09. The predicted octanol–water partition coefficient (Wildman–Crippen LogP) is 2.46. The van der Waals surface area contributed by atoms with E-state index < -0.39 is 6.36 Å². The summed E-state index contributed by atoms with van der Waals surface area (Å²) in [5, 5.41) is 9.33. The number of nitrogens with zero attached hydrogens (tertiary/aromatic N) is 2. The maximum atomic E-state index is 12.2. The van der Waals surface area contributed by atoms with E-state index in [1.54, 1.807) is 12.1 Å². The van der Waals surface area contributed by atoms with Crippen LogP contribution in [-0.4, -0.2) is 55.7 Å². The van der Waals surface area contributed by atoms with E-state index in [1.807, 2.05) is 11.9 Å². The Kier molecular flexibility index (Phi) is 5.00. The summed E-state index contributed by atoms with van der Waals surface area (Å²) in [5.74, 6) is -0.265. The molecule has 1 unspecified atom stereocenters. The van der Waals surface area contributed by atoms with Crippen LogP contribution in [-0.2, 0) is 0 Å². The Hall–Kier alpha value is -0.990. The molecule has 2 rings (SSSR count). The molecule has 1 N–H and O–H groups in total. The number of benzene rings is 1. The molecule has 0 aliphatic carbocycles. The van der Waals surface area contributed by atoms with E-state index in [4.69, 9.17) is 0 Å². The van der Waals surface area contributed by atoms with Crippen LogP contribution in [0.5, 0.6) is 5.75 Å². The van der Waals surface area contributed by atoms with Gasteiger partial charge in [0, 0.05) is 25.3 Å². The number of piperazine rings is 1. The molecule has 1 saturated heterocycles. The van der Waals surface area contributed by atoms with Crippen molar-refractivity contribution in [1.29, 1.82) is 0 Å². The topological polar surface area (TPSA) is 35.9 Å². The van der Waals surface area contributed by atoms with Gasteiger partial charge in [-0.3, -0.25) is 4.90 Å². The van der Waals surface area contributed by atoms with E-state index in [1.165, 1.54) is 6.07 Å². The minimum absolute atomic E-state index is 0.0172. The third kappa shape index (κ3) is 4.24. The summed E-state index contributed by atoms with van der Waals surface area (Å²) >= 11 is 3.10. The number of hydrogen-bond acceptors (Lipinski definition) is 4. The van der Waals surface area contributed by atoms with Gasteiger partial charge in [0.25, 0.3) is 0 Å². The molecule has 1 heterocycles. The molecule has 0 amide bonds. The average molecular weight is 369 g/mol. The molecule has 21 heavy (non-hydrogen) atoms. The number of aliphatic hydroxyl groups excluding tert-OH is 1. The van der Waals surface area contributed by atoms with Crippen LogP contribution >= 0.6 is 15.9 Å². The van der Waals surface area contributed by atoms with Crippen LogP contribution in [0, 0.1) is 0 Å². The summed E-state index contributed by atoms with van der Waals surface area (Å²) in [5.41, 5.74) is 0.794. The zero-order valence-corrected chi connectivity index (χ0v) is 13.0. The highest BCUT2D eigenvalue weighted by molar-refractivity contribution is 9.10. The molecule has 1 atom stereocenters. The molecule has 0 bridgehead atoms. The van der Waals surface area contributed by atoms with Gasteiger partial charge in [0.1, 0.15) is 5.75 Å². The molecule has 0 aromatic heterocycles. The smallest absolute Gasteiger partial charge is 0.405 e. The van der Waals surface area contributed by atoms with Gasteiger partial charge in [0.2, 0.25) is 0 Å². The Morgan fingerprint density at radius 2 is 2.10 bits per heavy atom. The van der Waals surface area contributed by atoms with Crippen LogP contribution in [0.3, 0.4) is 0 Å². The number of rotatable bonds is 3. The van der Waals surface area contributed by atoms with E-state index in [2.05, 4.69) is 25.6 Å². The van der Waals surface area contributed by atoms with Gasteiger partial charge in [-0.05, 0) is 41.2 Å². The van der Waals surface area contributed by atoms with Crippen LogP contribution in [0.1, 0.15) is 0 Å². The van der Waals surface area contributed by atoms with Gasteiger partial charge in [0.15, 0.2) is 0 Å². The van der Waals surface area contributed by atoms with Crippen molar-refractivity contribution in [3.8, 4) is 5.75 Å². The van der Waals surface area contributed by atoms with Crippen LogP contribution < -0.4 is 9.64 Å². The van der Waals surface area contributed by atoms with Crippen molar-refractivity contribution >= 4 is 21.6 Å². The van der Waals surface area contributed by atoms with Gasteiger partial charge in [-0.15, -0.1) is 13.2 Å². The monoisotopic (exact) mass is 368 g/mol. The molecule has 1 fully saturated rings. The highest BCUT2D eigenvalue weighted by Crippen LogP contribution is 2.34. The largest absolute Gasteiger partial charge is 0.573 e. The zero-order valence-electron chi connectivity index (χ0n) is 11.4. The fraction of sp³-hybridized carbons (Fsp3) is 0.538. The van der Waals surface area contributed by atoms with Crippen LogP contribution in [0.15, 0.2) is 22.7 Å². The van der Waals surface area contributed by atoms with E-state index in [0.717, 1.165) is 18.8 Å². The van der Waals surface area contributed by atoms with Gasteiger partial charge in [-0.2, -0.15) is 0 Å². The summed E-state index contributed by atoms with van der Waals surface area (Å²) in [6.45, 7) is 2.20. The molecule has 1 aromatic rings.